The van der Waals surface area contributed by atoms with E-state index in [1.807, 2.05) is 32.0 Å². The number of ketones is 1. The maximum absolute atomic E-state index is 15.1. The van der Waals surface area contributed by atoms with E-state index >= 15 is 4.39 Å². The molecule has 1 heterocycles. The van der Waals surface area contributed by atoms with E-state index < -0.39 is 17.7 Å². The number of carbonyl (C=O) groups excluding carboxylic acids is 2. The molecule has 0 spiro atoms. The zero-order valence-corrected chi connectivity index (χ0v) is 21.3. The molecule has 0 saturated carbocycles. The molecule has 2 aromatic rings. The molecule has 6 nitrogen and oxygen atoms in total. The maximum atomic E-state index is 15.1. The van der Waals surface area contributed by atoms with Crippen LogP contribution in [0.15, 0.2) is 65.0 Å². The third-order valence-electron chi connectivity index (χ3n) is 6.69. The quantitative estimate of drug-likeness (QED) is 0.521. The zero-order chi connectivity index (χ0) is 26.0. The molecule has 0 bridgehead atoms. The second-order valence-corrected chi connectivity index (χ2v) is 9.65. The van der Waals surface area contributed by atoms with Gasteiger partial charge in [0.2, 0.25) is 0 Å². The number of dihydropyridines is 1. The van der Waals surface area contributed by atoms with Gasteiger partial charge in [-0.3, -0.25) is 4.79 Å². The number of benzene rings is 2. The van der Waals surface area contributed by atoms with E-state index in [0.717, 1.165) is 5.56 Å². The van der Waals surface area contributed by atoms with E-state index in [1.54, 1.807) is 39.3 Å². The number of halogens is 1. The van der Waals surface area contributed by atoms with Gasteiger partial charge >= 0.3 is 5.97 Å². The van der Waals surface area contributed by atoms with Crippen LogP contribution in [0, 0.1) is 11.7 Å². The molecule has 2 aliphatic rings. The van der Waals surface area contributed by atoms with E-state index in [-0.39, 0.29) is 36.2 Å². The summed E-state index contributed by atoms with van der Waals surface area (Å²) in [6.45, 7) is 5.90. The second-order valence-electron chi connectivity index (χ2n) is 9.65. The lowest BCUT2D eigenvalue weighted by Gasteiger charge is -2.37. The topological polar surface area (TPSA) is 73.9 Å². The summed E-state index contributed by atoms with van der Waals surface area (Å²) >= 11 is 0. The van der Waals surface area contributed by atoms with Crippen molar-refractivity contribution in [2.75, 3.05) is 20.8 Å². The van der Waals surface area contributed by atoms with Crippen LogP contribution in [0.25, 0.3) is 0 Å². The van der Waals surface area contributed by atoms with Gasteiger partial charge in [-0.1, -0.05) is 38.1 Å². The van der Waals surface area contributed by atoms with Crippen molar-refractivity contribution < 1.29 is 28.2 Å². The number of carbonyl (C=O) groups is 2. The fourth-order valence-electron chi connectivity index (χ4n) is 4.99. The summed E-state index contributed by atoms with van der Waals surface area (Å²) in [5.41, 5.74) is 3.21. The molecule has 1 N–H and O–H groups in total. The highest BCUT2D eigenvalue weighted by Crippen LogP contribution is 2.47. The van der Waals surface area contributed by atoms with Crippen molar-refractivity contribution in [2.24, 2.45) is 5.92 Å². The Morgan fingerprint density at radius 2 is 1.81 bits per heavy atom. The van der Waals surface area contributed by atoms with Gasteiger partial charge in [0, 0.05) is 29.0 Å². The van der Waals surface area contributed by atoms with E-state index in [4.69, 9.17) is 14.2 Å². The van der Waals surface area contributed by atoms with Gasteiger partial charge in [0.15, 0.2) is 17.3 Å². The highest BCUT2D eigenvalue weighted by atomic mass is 19.1. The van der Waals surface area contributed by atoms with Crippen LogP contribution in [-0.4, -0.2) is 32.6 Å². The summed E-state index contributed by atoms with van der Waals surface area (Å²) in [5, 5.41) is 3.30. The largest absolute Gasteiger partial charge is 0.493 e. The number of rotatable bonds is 7. The summed E-state index contributed by atoms with van der Waals surface area (Å²) in [5.74, 6) is -0.717. The number of hydrogen-bond donors (Lipinski definition) is 1. The fourth-order valence-corrected chi connectivity index (χ4v) is 4.99. The average Bonchev–Trinajstić information content (AvgIpc) is 2.86. The van der Waals surface area contributed by atoms with Crippen LogP contribution in [0.5, 0.6) is 11.5 Å². The molecule has 1 aliphatic heterocycles. The Bertz CT molecular complexity index is 1250. The Hall–Kier alpha value is -3.61. The lowest BCUT2D eigenvalue weighted by Crippen LogP contribution is -2.36. The molecule has 0 fully saturated rings. The van der Waals surface area contributed by atoms with Crippen LogP contribution in [-0.2, 0) is 14.3 Å². The van der Waals surface area contributed by atoms with Crippen molar-refractivity contribution in [2.45, 2.75) is 45.4 Å². The van der Waals surface area contributed by atoms with Crippen LogP contribution in [0.1, 0.15) is 56.6 Å². The van der Waals surface area contributed by atoms with E-state index in [0.29, 0.717) is 40.5 Å². The molecule has 0 aromatic heterocycles. The minimum Gasteiger partial charge on any atom is -0.493 e. The molecule has 0 saturated heterocycles. The molecule has 2 aromatic carbocycles. The lowest BCUT2D eigenvalue weighted by atomic mass is 9.71. The van der Waals surface area contributed by atoms with E-state index in [2.05, 4.69) is 5.32 Å². The predicted molar refractivity (Wildman–Crippen MR) is 134 cm³/mol. The van der Waals surface area contributed by atoms with Crippen molar-refractivity contribution in [1.82, 2.24) is 5.32 Å². The fraction of sp³-hybridized carbons (Fsp3) is 0.379. The highest BCUT2D eigenvalue weighted by Gasteiger charge is 2.42. The predicted octanol–water partition coefficient (Wildman–Crippen LogP) is 5.40. The van der Waals surface area contributed by atoms with Crippen LogP contribution < -0.4 is 14.8 Å². The third-order valence-corrected chi connectivity index (χ3v) is 6.69. The summed E-state index contributed by atoms with van der Waals surface area (Å²) < 4.78 is 31.4. The van der Waals surface area contributed by atoms with Crippen molar-refractivity contribution in [1.29, 1.82) is 0 Å². The van der Waals surface area contributed by atoms with E-state index in [9.17, 15) is 9.59 Å². The minimum absolute atomic E-state index is 0.105. The van der Waals surface area contributed by atoms with Gasteiger partial charge in [-0.2, -0.15) is 0 Å². The number of esters is 1. The van der Waals surface area contributed by atoms with Crippen molar-refractivity contribution in [3.8, 4) is 11.5 Å². The van der Waals surface area contributed by atoms with Gasteiger partial charge in [0.05, 0.1) is 32.3 Å². The summed E-state index contributed by atoms with van der Waals surface area (Å²) in [7, 11) is 3.15. The Balaban J connectivity index is 1.76. The molecule has 0 unspecified atom stereocenters. The summed E-state index contributed by atoms with van der Waals surface area (Å²) in [6, 6.07) is 11.9. The number of Topliss-reactive ketones (excluding diaryl/α,β-unsaturated/α-hetero) is 1. The lowest BCUT2D eigenvalue weighted by molar-refractivity contribution is -0.140. The van der Waals surface area contributed by atoms with Crippen molar-refractivity contribution in [3.63, 3.8) is 0 Å². The number of allylic oxidation sites excluding steroid dienone is 3. The molecular weight excluding hydrogens is 461 g/mol. The molecule has 0 radical (unpaired) electrons. The normalized spacial score (nSPS) is 19.7. The Labute approximate surface area is 211 Å². The molecular formula is C29H32FNO5. The Kier molecular flexibility index (Phi) is 7.48. The van der Waals surface area contributed by atoms with Crippen LogP contribution in [0.4, 0.5) is 4.39 Å². The standard InChI is InChI=1S/C29H32FNO5/c1-16(2)15-36-29(33)26-17(3)31-22-12-19(18-10-11-24(34-4)25(14-18)35-5)13-23(32)28(22)27(26)20-8-6-7-9-21(20)30/h6-11,14,16,19,27,31H,12-13,15H2,1-5H3/t19-,27-/m0/s1. The maximum Gasteiger partial charge on any atom is 0.336 e. The van der Waals surface area contributed by atoms with Crippen LogP contribution in [0.3, 0.4) is 0 Å². The van der Waals surface area contributed by atoms with Gasteiger partial charge in [0.1, 0.15) is 5.82 Å². The van der Waals surface area contributed by atoms with Gasteiger partial charge in [-0.05, 0) is 48.9 Å². The summed E-state index contributed by atoms with van der Waals surface area (Å²) in [4.78, 5) is 26.9. The van der Waals surface area contributed by atoms with Gasteiger partial charge in [0.25, 0.3) is 0 Å². The Morgan fingerprint density at radius 1 is 1.08 bits per heavy atom. The second kappa shape index (κ2) is 10.6. The molecule has 36 heavy (non-hydrogen) atoms. The van der Waals surface area contributed by atoms with Gasteiger partial charge < -0.3 is 19.5 Å². The molecule has 7 heteroatoms. The van der Waals surface area contributed by atoms with E-state index in [1.165, 1.54) is 6.07 Å². The number of ether oxygens (including phenoxy) is 3. The first kappa shape index (κ1) is 25.5. The minimum atomic E-state index is -0.832. The van der Waals surface area contributed by atoms with Crippen LogP contribution in [0.2, 0.25) is 0 Å². The Morgan fingerprint density at radius 3 is 2.47 bits per heavy atom. The summed E-state index contributed by atoms with van der Waals surface area (Å²) in [6.07, 6.45) is 0.765. The number of methoxy groups -OCH3 is 2. The van der Waals surface area contributed by atoms with Crippen molar-refractivity contribution in [3.05, 3.63) is 81.9 Å². The molecule has 190 valence electrons. The van der Waals surface area contributed by atoms with Crippen molar-refractivity contribution >= 4 is 11.8 Å². The first-order chi connectivity index (χ1) is 17.2. The first-order valence-corrected chi connectivity index (χ1v) is 12.1. The molecule has 0 amide bonds. The van der Waals surface area contributed by atoms with Crippen LogP contribution >= 0.6 is 0 Å². The highest BCUT2D eigenvalue weighted by molar-refractivity contribution is 6.04. The smallest absolute Gasteiger partial charge is 0.336 e. The zero-order valence-electron chi connectivity index (χ0n) is 21.3. The SMILES string of the molecule is COc1ccc([C@@H]2CC(=O)C3=C(C2)NC(C)=C(C(=O)OCC(C)C)[C@@H]3c2ccccc2F)cc1OC. The average molecular weight is 494 g/mol. The molecule has 2 atom stereocenters. The molecule has 4 rings (SSSR count). The number of nitrogens with one attached hydrogen (secondary N) is 1. The number of hydrogen-bond acceptors (Lipinski definition) is 6. The first-order valence-electron chi connectivity index (χ1n) is 12.1. The third kappa shape index (κ3) is 4.87. The molecule has 1 aliphatic carbocycles. The van der Waals surface area contributed by atoms with Gasteiger partial charge in [-0.25, -0.2) is 9.18 Å². The monoisotopic (exact) mass is 493 g/mol. The van der Waals surface area contributed by atoms with Gasteiger partial charge in [-0.15, -0.1) is 0 Å².